The number of hydrogen-bond donors (Lipinski definition) is 0. The van der Waals surface area contributed by atoms with Crippen LogP contribution in [0, 0.1) is 18.3 Å². The van der Waals surface area contributed by atoms with E-state index in [2.05, 4.69) is 6.07 Å². The number of aryl methyl sites for hydroxylation is 1. The number of fused-ring (bicyclic) bond motifs is 1. The third-order valence-electron chi connectivity index (χ3n) is 7.49. The topological polar surface area (TPSA) is 79.2 Å². The zero-order valence-corrected chi connectivity index (χ0v) is 18.7. The van der Waals surface area contributed by atoms with Gasteiger partial charge < -0.3 is 28.4 Å². The molecule has 0 radical (unpaired) electrons. The lowest BCUT2D eigenvalue weighted by molar-refractivity contribution is -0.249. The molecule has 5 fully saturated rings. The minimum Gasteiger partial charge on any atom is -0.368 e. The molecule has 3 saturated heterocycles. The molecule has 1 aromatic rings. The molecular formula is C23H29NO6S. The molecule has 0 aromatic carbocycles. The van der Waals surface area contributed by atoms with E-state index in [1.165, 1.54) is 11.3 Å². The molecule has 1 aromatic heterocycles. The highest BCUT2D eigenvalue weighted by Gasteiger charge is 2.62. The molecule has 6 rings (SSSR count). The van der Waals surface area contributed by atoms with Crippen LogP contribution in [-0.4, -0.2) is 48.9 Å². The summed E-state index contributed by atoms with van der Waals surface area (Å²) in [6, 6.07) is 2.28. The van der Waals surface area contributed by atoms with Gasteiger partial charge in [-0.05, 0) is 43.6 Å². The maximum Gasteiger partial charge on any atom is 0.190 e. The fourth-order valence-corrected chi connectivity index (χ4v) is 6.68. The summed E-state index contributed by atoms with van der Waals surface area (Å²) < 4.78 is 38.2. The van der Waals surface area contributed by atoms with Crippen LogP contribution in [0.2, 0.25) is 0 Å². The lowest BCUT2D eigenvalue weighted by Gasteiger charge is -2.30. The highest BCUT2D eigenvalue weighted by atomic mass is 32.1. The van der Waals surface area contributed by atoms with E-state index in [1.54, 1.807) is 0 Å². The monoisotopic (exact) mass is 447 g/mol. The predicted molar refractivity (Wildman–Crippen MR) is 110 cm³/mol. The Morgan fingerprint density at radius 2 is 1.81 bits per heavy atom. The smallest absolute Gasteiger partial charge is 0.190 e. The Hall–Kier alpha value is -1.05. The van der Waals surface area contributed by atoms with E-state index in [4.69, 9.17) is 28.4 Å². The van der Waals surface area contributed by atoms with Crippen molar-refractivity contribution in [1.29, 1.82) is 5.26 Å². The van der Waals surface area contributed by atoms with E-state index in [1.807, 2.05) is 12.3 Å². The molecule has 2 spiro atoms. The molecule has 0 bridgehead atoms. The zero-order valence-electron chi connectivity index (χ0n) is 17.8. The van der Waals surface area contributed by atoms with Crippen molar-refractivity contribution in [2.24, 2.45) is 0 Å². The molecule has 2 saturated carbocycles. The molecule has 0 amide bonds. The fraction of sp³-hybridized carbons (Fsp3) is 0.783. The second-order valence-electron chi connectivity index (χ2n) is 9.49. The van der Waals surface area contributed by atoms with Crippen molar-refractivity contribution >= 4 is 11.3 Å². The van der Waals surface area contributed by atoms with Crippen LogP contribution in [0.25, 0.3) is 0 Å². The second-order valence-corrected chi connectivity index (χ2v) is 10.4. The van der Waals surface area contributed by atoms with Gasteiger partial charge in [-0.15, -0.1) is 11.3 Å². The molecule has 0 N–H and O–H groups in total. The number of hydrogen-bond acceptors (Lipinski definition) is 8. The van der Waals surface area contributed by atoms with Crippen LogP contribution in [0.1, 0.15) is 67.4 Å². The third kappa shape index (κ3) is 3.46. The lowest BCUT2D eigenvalue weighted by Crippen LogP contribution is -2.44. The van der Waals surface area contributed by atoms with Gasteiger partial charge in [0.05, 0.1) is 13.2 Å². The minimum atomic E-state index is -0.530. The van der Waals surface area contributed by atoms with Crippen LogP contribution in [0.4, 0.5) is 0 Å². The molecular weight excluding hydrogens is 418 g/mol. The summed E-state index contributed by atoms with van der Waals surface area (Å²) in [5, 5.41) is 11.5. The first-order valence-electron chi connectivity index (χ1n) is 11.5. The molecule has 5 aliphatic rings. The molecule has 168 valence electrons. The summed E-state index contributed by atoms with van der Waals surface area (Å²) in [7, 11) is 0. The summed E-state index contributed by atoms with van der Waals surface area (Å²) in [6.45, 7) is 2.86. The normalized spacial score (nSPS) is 37.7. The number of thiophene rings is 1. The fourth-order valence-electron chi connectivity index (χ4n) is 5.83. The van der Waals surface area contributed by atoms with Crippen LogP contribution in [-0.2, 0) is 35.0 Å². The van der Waals surface area contributed by atoms with Gasteiger partial charge >= 0.3 is 0 Å². The summed E-state index contributed by atoms with van der Waals surface area (Å²) in [5.74, 6) is -0.986. The predicted octanol–water partition coefficient (Wildman–Crippen LogP) is 3.91. The SMILES string of the molecule is Cc1csc(C#N)c1CO[C@@H]1[C@H]2OC3(CCCC3)O[C@H]2O[C@@H]1[C@H]1COC2(CCCC2)O1. The Labute approximate surface area is 186 Å². The average Bonchev–Trinajstić information content (AvgIpc) is 3.59. The largest absolute Gasteiger partial charge is 0.368 e. The van der Waals surface area contributed by atoms with Crippen LogP contribution >= 0.6 is 11.3 Å². The van der Waals surface area contributed by atoms with Gasteiger partial charge in [-0.1, -0.05) is 0 Å². The molecule has 5 atom stereocenters. The van der Waals surface area contributed by atoms with Crippen LogP contribution in [0.3, 0.4) is 0 Å². The van der Waals surface area contributed by atoms with Gasteiger partial charge in [0.2, 0.25) is 0 Å². The summed E-state index contributed by atoms with van der Waals surface area (Å²) in [5.41, 5.74) is 2.02. The van der Waals surface area contributed by atoms with Gasteiger partial charge in [-0.25, -0.2) is 0 Å². The molecule has 7 nitrogen and oxygen atoms in total. The Balaban J connectivity index is 1.22. The second kappa shape index (κ2) is 7.77. The number of nitrogens with zero attached hydrogens (tertiary/aromatic N) is 1. The Morgan fingerprint density at radius 3 is 2.55 bits per heavy atom. The first kappa shape index (κ1) is 20.5. The van der Waals surface area contributed by atoms with E-state index in [0.29, 0.717) is 18.1 Å². The van der Waals surface area contributed by atoms with Crippen molar-refractivity contribution < 1.29 is 28.4 Å². The minimum absolute atomic E-state index is 0.209. The van der Waals surface area contributed by atoms with Gasteiger partial charge in [-0.2, -0.15) is 5.26 Å². The van der Waals surface area contributed by atoms with Crippen molar-refractivity contribution in [2.75, 3.05) is 6.61 Å². The van der Waals surface area contributed by atoms with Gasteiger partial charge in [0.1, 0.15) is 35.4 Å². The maximum absolute atomic E-state index is 9.45. The third-order valence-corrected chi connectivity index (χ3v) is 8.53. The van der Waals surface area contributed by atoms with Crippen molar-refractivity contribution in [1.82, 2.24) is 0 Å². The van der Waals surface area contributed by atoms with E-state index in [-0.39, 0.29) is 24.4 Å². The first-order valence-corrected chi connectivity index (χ1v) is 12.4. The highest BCUT2D eigenvalue weighted by Crippen LogP contribution is 2.49. The summed E-state index contributed by atoms with van der Waals surface area (Å²) >= 11 is 1.46. The van der Waals surface area contributed by atoms with Crippen molar-refractivity contribution in [3.8, 4) is 6.07 Å². The lowest BCUT2D eigenvalue weighted by atomic mass is 10.1. The summed E-state index contributed by atoms with van der Waals surface area (Å²) in [4.78, 5) is 0.700. The molecule has 4 heterocycles. The van der Waals surface area contributed by atoms with E-state index >= 15 is 0 Å². The maximum atomic E-state index is 9.45. The van der Waals surface area contributed by atoms with Gasteiger partial charge in [0.25, 0.3) is 0 Å². The first-order chi connectivity index (χ1) is 15.1. The molecule has 3 aliphatic heterocycles. The van der Waals surface area contributed by atoms with E-state index in [9.17, 15) is 5.26 Å². The Kier molecular flexibility index (Phi) is 5.15. The quantitative estimate of drug-likeness (QED) is 0.692. The molecule has 2 aliphatic carbocycles. The van der Waals surface area contributed by atoms with Crippen LogP contribution in [0.15, 0.2) is 5.38 Å². The average molecular weight is 448 g/mol. The van der Waals surface area contributed by atoms with Crippen molar-refractivity contribution in [3.63, 3.8) is 0 Å². The van der Waals surface area contributed by atoms with Gasteiger partial charge in [0.15, 0.2) is 17.9 Å². The molecule has 31 heavy (non-hydrogen) atoms. The van der Waals surface area contributed by atoms with Gasteiger partial charge in [-0.3, -0.25) is 0 Å². The Morgan fingerprint density at radius 1 is 1.06 bits per heavy atom. The number of rotatable bonds is 4. The molecule has 0 unspecified atom stereocenters. The van der Waals surface area contributed by atoms with Crippen molar-refractivity contribution in [3.05, 3.63) is 21.4 Å². The van der Waals surface area contributed by atoms with E-state index < -0.39 is 17.9 Å². The number of ether oxygens (including phenoxy) is 6. The van der Waals surface area contributed by atoms with Crippen LogP contribution in [0.5, 0.6) is 0 Å². The standard InChI is InChI=1S/C23H29NO6S/c1-14-13-31-17(10-24)15(14)11-25-19-18(16-12-26-22(28-16)6-2-3-7-22)27-21-20(19)29-23(30-21)8-4-5-9-23/h13,16,18-21H,2-9,11-12H2,1H3/t16-,18-,19+,20-,21-/m1/s1. The Bertz CT molecular complexity index is 868. The van der Waals surface area contributed by atoms with Crippen molar-refractivity contribution in [2.45, 2.75) is 107 Å². The molecule has 8 heteroatoms. The highest BCUT2D eigenvalue weighted by molar-refractivity contribution is 7.10. The summed E-state index contributed by atoms with van der Waals surface area (Å²) in [6.07, 6.45) is 6.54. The zero-order chi connectivity index (χ0) is 21.1. The number of nitriles is 1. The van der Waals surface area contributed by atoms with Gasteiger partial charge in [0, 0.05) is 31.2 Å². The van der Waals surface area contributed by atoms with Crippen LogP contribution < -0.4 is 0 Å². The van der Waals surface area contributed by atoms with E-state index in [0.717, 1.165) is 62.5 Å².